The van der Waals surface area contributed by atoms with Crippen LogP contribution >= 0.6 is 0 Å². The molecule has 18 heteroatoms. The van der Waals surface area contributed by atoms with Crippen molar-refractivity contribution in [1.82, 2.24) is 0 Å². The fourth-order valence-corrected chi connectivity index (χ4v) is 4.79. The van der Waals surface area contributed by atoms with Gasteiger partial charge in [0, 0.05) is 105 Å². The van der Waals surface area contributed by atoms with Crippen molar-refractivity contribution in [3.8, 4) is 0 Å². The minimum absolute atomic E-state index is 0.0359. The molecule has 0 fully saturated rings. The third-order valence-corrected chi connectivity index (χ3v) is 8.28. The van der Waals surface area contributed by atoms with Crippen LogP contribution in [0.5, 0.6) is 0 Å². The Labute approximate surface area is 451 Å². The Morgan fingerprint density at radius 3 is 0.500 bits per heavy atom. The van der Waals surface area contributed by atoms with Crippen molar-refractivity contribution >= 4 is 58.0 Å². The van der Waals surface area contributed by atoms with Gasteiger partial charge in [0.1, 0.15) is 0 Å². The second-order valence-corrected chi connectivity index (χ2v) is 14.7. The summed E-state index contributed by atoms with van der Waals surface area (Å²) in [7, 11) is 13.2. The molecule has 0 aromatic heterocycles. The van der Waals surface area contributed by atoms with Crippen LogP contribution in [0.3, 0.4) is 0 Å². The number of nitrogens with one attached hydrogen (secondary N) is 6. The van der Waals surface area contributed by atoms with Crippen LogP contribution in [0.2, 0.25) is 0 Å². The average Bonchev–Trinajstić information content (AvgIpc) is 3.43. The summed E-state index contributed by atoms with van der Waals surface area (Å²) < 4.78 is 37.3. The lowest BCUT2D eigenvalue weighted by Crippen LogP contribution is -2.19. The monoisotopic (exact) mass is 1050 g/mol. The number of anilines is 6. The van der Waals surface area contributed by atoms with Crippen LogP contribution in [0.4, 0.5) is 43.7 Å². The number of methoxy groups -OCH3 is 8. The Hall–Kier alpha value is -7.52. The van der Waals surface area contributed by atoms with E-state index >= 15 is 0 Å². The second kappa shape index (κ2) is 53.8. The smallest absolute Gasteiger partial charge is 0.323 e. The van der Waals surface area contributed by atoms with Crippen LogP contribution in [0.1, 0.15) is 13.8 Å². The van der Waals surface area contributed by atoms with Crippen LogP contribution in [-0.2, 0) is 47.5 Å². The van der Waals surface area contributed by atoms with Gasteiger partial charge in [-0.05, 0) is 72.8 Å². The number of para-hydroxylation sites is 6. The Kier molecular flexibility index (Phi) is 49.9. The van der Waals surface area contributed by atoms with Gasteiger partial charge in [0.05, 0.1) is 52.9 Å². The van der Waals surface area contributed by atoms with E-state index in [1.807, 2.05) is 182 Å². The number of carbonyl (C=O) groups excluding carboxylic acids is 4. The SMILES string of the molecule is CC(=O)Nc1ccccc1.CC(=O)Nc1ccccc1.COCCOC.COCCOC.COCCOC.COCCOC.O=C(Nc1ccccc1)Nc1ccccc1.O=C(Nc1ccccc1)Nc1ccccc1. The number of carbonyl (C=O) groups is 4. The molecule has 18 nitrogen and oxygen atoms in total. The Morgan fingerprint density at radius 1 is 0.250 bits per heavy atom. The quantitative estimate of drug-likeness (QED) is 0.0444. The maximum absolute atomic E-state index is 11.6. The largest absolute Gasteiger partial charge is 0.382 e. The fraction of sp³-hybridized carbons (Fsp3) is 0.310. The van der Waals surface area contributed by atoms with Crippen LogP contribution in [-0.4, -0.2) is 134 Å². The van der Waals surface area contributed by atoms with E-state index in [1.54, 1.807) is 56.9 Å². The summed E-state index contributed by atoms with van der Waals surface area (Å²) >= 11 is 0. The van der Waals surface area contributed by atoms with Crippen LogP contribution in [0, 0.1) is 0 Å². The van der Waals surface area contributed by atoms with E-state index in [4.69, 9.17) is 0 Å². The summed E-state index contributed by atoms with van der Waals surface area (Å²) in [5, 5.41) is 16.3. The van der Waals surface area contributed by atoms with E-state index in [9.17, 15) is 19.2 Å². The highest BCUT2D eigenvalue weighted by Crippen LogP contribution is 2.10. The summed E-state index contributed by atoms with van der Waals surface area (Å²) in [6.07, 6.45) is 0. The molecule has 0 atom stereocenters. The van der Waals surface area contributed by atoms with Gasteiger partial charge in [0.15, 0.2) is 0 Å². The number of urea groups is 2. The topological polar surface area (TPSA) is 214 Å². The van der Waals surface area contributed by atoms with Gasteiger partial charge in [0.25, 0.3) is 0 Å². The number of rotatable bonds is 18. The van der Waals surface area contributed by atoms with E-state index in [2.05, 4.69) is 69.8 Å². The fourth-order valence-electron chi connectivity index (χ4n) is 4.79. The molecule has 0 saturated carbocycles. The third kappa shape index (κ3) is 48.7. The lowest BCUT2D eigenvalue weighted by atomic mass is 10.3. The molecule has 0 radical (unpaired) electrons. The standard InChI is InChI=1S/2C13H12N2O.2C8H9NO.4C4H10O2/c2*16-13(14-11-7-3-1-4-8-11)15-12-9-5-2-6-10-12;2*1-7(10)9-8-5-3-2-4-6-8;4*1-5-3-4-6-2/h2*1-10H,(H2,14,15,16);2*2-6H,1H3,(H,9,10);4*3-4H2,1-2H3. The van der Waals surface area contributed by atoms with Gasteiger partial charge in [-0.3, -0.25) is 9.59 Å². The minimum atomic E-state index is -0.239. The molecule has 0 unspecified atom stereocenters. The first-order valence-corrected chi connectivity index (χ1v) is 23.9. The van der Waals surface area contributed by atoms with E-state index in [0.29, 0.717) is 52.9 Å². The number of ether oxygens (including phenoxy) is 8. The van der Waals surface area contributed by atoms with Gasteiger partial charge < -0.3 is 69.8 Å². The maximum atomic E-state index is 11.6. The molecule has 0 aliphatic rings. The lowest BCUT2D eigenvalue weighted by Gasteiger charge is -2.06. The van der Waals surface area contributed by atoms with Gasteiger partial charge in [-0.1, -0.05) is 109 Å². The zero-order valence-electron chi connectivity index (χ0n) is 45.9. The first-order valence-electron chi connectivity index (χ1n) is 23.9. The average molecular weight is 1060 g/mol. The summed E-state index contributed by atoms with van der Waals surface area (Å²) in [6, 6.07) is 55.6. The number of hydrogen-bond donors (Lipinski definition) is 6. The molecule has 0 aliphatic carbocycles. The van der Waals surface area contributed by atoms with Crippen LogP contribution < -0.4 is 31.9 Å². The highest BCUT2D eigenvalue weighted by molar-refractivity contribution is 6.00. The zero-order valence-corrected chi connectivity index (χ0v) is 45.9. The van der Waals surface area contributed by atoms with E-state index in [0.717, 1.165) is 34.1 Å². The molecular formula is C58H82N6O12. The van der Waals surface area contributed by atoms with Crippen molar-refractivity contribution in [2.75, 3.05) is 142 Å². The molecule has 76 heavy (non-hydrogen) atoms. The molecule has 0 bridgehead atoms. The first kappa shape index (κ1) is 70.6. The highest BCUT2D eigenvalue weighted by Gasteiger charge is 2.02. The molecule has 6 N–H and O–H groups in total. The number of amides is 6. The van der Waals surface area contributed by atoms with Crippen LogP contribution in [0.25, 0.3) is 0 Å². The summed E-state index contributed by atoms with van der Waals surface area (Å²) in [4.78, 5) is 44.1. The van der Waals surface area contributed by atoms with E-state index in [-0.39, 0.29) is 23.9 Å². The van der Waals surface area contributed by atoms with Gasteiger partial charge in [-0.25, -0.2) is 9.59 Å². The molecule has 416 valence electrons. The van der Waals surface area contributed by atoms with Crippen molar-refractivity contribution in [1.29, 1.82) is 0 Å². The lowest BCUT2D eigenvalue weighted by molar-refractivity contribution is -0.115. The van der Waals surface area contributed by atoms with Crippen molar-refractivity contribution in [2.24, 2.45) is 0 Å². The number of hydrogen-bond acceptors (Lipinski definition) is 12. The maximum Gasteiger partial charge on any atom is 0.323 e. The highest BCUT2D eigenvalue weighted by atomic mass is 16.5. The normalized spacial score (nSPS) is 9.18. The van der Waals surface area contributed by atoms with Crippen LogP contribution in [0.15, 0.2) is 182 Å². The third-order valence-electron chi connectivity index (χ3n) is 8.28. The van der Waals surface area contributed by atoms with E-state index < -0.39 is 0 Å². The van der Waals surface area contributed by atoms with Gasteiger partial charge in [-0.2, -0.15) is 0 Å². The molecule has 0 aliphatic heterocycles. The van der Waals surface area contributed by atoms with Gasteiger partial charge >= 0.3 is 12.1 Å². The van der Waals surface area contributed by atoms with Crippen molar-refractivity contribution in [2.45, 2.75) is 13.8 Å². The van der Waals surface area contributed by atoms with E-state index in [1.165, 1.54) is 13.8 Å². The van der Waals surface area contributed by atoms with Crippen molar-refractivity contribution in [3.63, 3.8) is 0 Å². The molecule has 0 saturated heterocycles. The Bertz CT molecular complexity index is 1930. The summed E-state index contributed by atoms with van der Waals surface area (Å²) in [6.45, 7) is 8.51. The molecule has 6 aromatic rings. The molecule has 0 spiro atoms. The molecule has 0 heterocycles. The van der Waals surface area contributed by atoms with Crippen molar-refractivity contribution in [3.05, 3.63) is 182 Å². The summed E-state index contributed by atoms with van der Waals surface area (Å²) in [5.74, 6) is -0.0719. The molecule has 6 rings (SSSR count). The van der Waals surface area contributed by atoms with Gasteiger partial charge in [-0.15, -0.1) is 0 Å². The Balaban J connectivity index is 0. The number of benzene rings is 6. The predicted octanol–water partition coefficient (Wildman–Crippen LogP) is 11.1. The molecular weight excluding hydrogens is 973 g/mol. The van der Waals surface area contributed by atoms with Crippen molar-refractivity contribution < 1.29 is 57.1 Å². The Morgan fingerprint density at radius 2 is 0.382 bits per heavy atom. The summed E-state index contributed by atoms with van der Waals surface area (Å²) in [5.41, 5.74) is 4.78. The molecule has 6 aromatic carbocycles. The first-order chi connectivity index (χ1) is 36.9. The second-order valence-electron chi connectivity index (χ2n) is 14.7. The van der Waals surface area contributed by atoms with Gasteiger partial charge in [0.2, 0.25) is 11.8 Å². The predicted molar refractivity (Wildman–Crippen MR) is 308 cm³/mol. The zero-order chi connectivity index (χ0) is 56.5. The minimum Gasteiger partial charge on any atom is -0.382 e. The molecule has 6 amide bonds.